The van der Waals surface area contributed by atoms with Gasteiger partial charge in [0.2, 0.25) is 0 Å². The molecule has 1 fully saturated rings. The Labute approximate surface area is 231 Å². The first-order valence-electron chi connectivity index (χ1n) is 12.8. The Balaban J connectivity index is 2.32. The number of nitrogens with one attached hydrogen (secondary N) is 3. The van der Waals surface area contributed by atoms with Crippen LogP contribution in [0.5, 0.6) is 5.75 Å². The molecule has 1 aromatic rings. The van der Waals surface area contributed by atoms with E-state index in [1.807, 2.05) is 0 Å². The first-order valence-corrected chi connectivity index (χ1v) is 12.8. The number of rotatable bonds is 11. The molecule has 0 bridgehead atoms. The fourth-order valence-corrected chi connectivity index (χ4v) is 4.38. The quantitative estimate of drug-likeness (QED) is 0.240. The van der Waals surface area contributed by atoms with Gasteiger partial charge in [-0.05, 0) is 43.0 Å². The van der Waals surface area contributed by atoms with Crippen molar-refractivity contribution >= 4 is 23.4 Å². The van der Waals surface area contributed by atoms with E-state index < -0.39 is 54.2 Å². The number of likely N-dealkylation sites (tertiary alicyclic amines) is 1. The van der Waals surface area contributed by atoms with Crippen LogP contribution in [0.1, 0.15) is 39.2 Å². The normalized spacial score (nSPS) is 20.4. The molecule has 2 rings (SSSR count). The lowest BCUT2D eigenvalue weighted by Gasteiger charge is -2.43. The van der Waals surface area contributed by atoms with Crippen molar-refractivity contribution in [1.29, 1.82) is 5.41 Å². The molecule has 1 aromatic carbocycles. The third-order valence-corrected chi connectivity index (χ3v) is 6.37. The topological polar surface area (TPSA) is 89.8 Å². The first-order chi connectivity index (χ1) is 18.8. The van der Waals surface area contributed by atoms with Gasteiger partial charge < -0.3 is 20.3 Å². The number of hydrogen-bond donors (Lipinski definition) is 3. The maximum Gasteiger partial charge on any atom is 0.417 e. The minimum atomic E-state index is -4.58. The van der Waals surface area contributed by atoms with Crippen molar-refractivity contribution in [3.05, 3.63) is 59.6 Å². The second-order valence-electron chi connectivity index (χ2n) is 9.37. The van der Waals surface area contributed by atoms with Gasteiger partial charge in [0.25, 0.3) is 11.8 Å². The molecular formula is C28H36F5N5O2. The van der Waals surface area contributed by atoms with E-state index >= 15 is 0 Å². The number of alkyl halides is 5. The van der Waals surface area contributed by atoms with E-state index in [-0.39, 0.29) is 24.4 Å². The van der Waals surface area contributed by atoms with Crippen LogP contribution in [0.2, 0.25) is 0 Å². The fraction of sp³-hybridized carbons (Fsp3) is 0.464. The number of piperidine rings is 1. The zero-order chi connectivity index (χ0) is 30.1. The summed E-state index contributed by atoms with van der Waals surface area (Å²) in [5, 5.41) is 14.3. The third-order valence-electron chi connectivity index (χ3n) is 6.37. The Hall–Kier alpha value is -3.70. The number of ether oxygens (including phenoxy) is 1. The van der Waals surface area contributed by atoms with Crippen LogP contribution in [-0.4, -0.2) is 68.1 Å². The van der Waals surface area contributed by atoms with Crippen LogP contribution in [0.3, 0.4) is 0 Å². The van der Waals surface area contributed by atoms with E-state index in [1.54, 1.807) is 52.1 Å². The van der Waals surface area contributed by atoms with Gasteiger partial charge in [-0.1, -0.05) is 32.1 Å². The first kappa shape index (κ1) is 32.5. The fourth-order valence-electron chi connectivity index (χ4n) is 4.38. The molecule has 3 N–H and O–H groups in total. The molecule has 0 saturated carbocycles. The molecule has 0 spiro atoms. The second-order valence-corrected chi connectivity index (χ2v) is 9.37. The van der Waals surface area contributed by atoms with Gasteiger partial charge in [-0.25, -0.2) is 13.8 Å². The highest BCUT2D eigenvalue weighted by Gasteiger charge is 2.46. The molecule has 1 amide bonds. The van der Waals surface area contributed by atoms with Gasteiger partial charge in [0.05, 0.1) is 25.3 Å². The van der Waals surface area contributed by atoms with Crippen molar-refractivity contribution in [3.8, 4) is 5.75 Å². The molecule has 1 aliphatic heterocycles. The van der Waals surface area contributed by atoms with Crippen molar-refractivity contribution < 1.29 is 31.5 Å². The number of allylic oxidation sites excluding steroid dienone is 3. The number of aliphatic imine (C=N–C) groups is 1. The lowest BCUT2D eigenvalue weighted by atomic mass is 9.87. The highest BCUT2D eigenvalue weighted by molar-refractivity contribution is 6.54. The number of methoxy groups -OCH3 is 1. The van der Waals surface area contributed by atoms with Gasteiger partial charge in [0.1, 0.15) is 17.3 Å². The minimum Gasteiger partial charge on any atom is -0.497 e. The lowest BCUT2D eigenvalue weighted by molar-refractivity contribution is -0.145. The van der Waals surface area contributed by atoms with Gasteiger partial charge in [-0.2, -0.15) is 13.2 Å². The van der Waals surface area contributed by atoms with Crippen molar-refractivity contribution in [2.75, 3.05) is 27.2 Å². The number of carbonyl (C=O) groups is 1. The van der Waals surface area contributed by atoms with Gasteiger partial charge >= 0.3 is 6.18 Å². The SMILES string of the molecule is C\C=C(/N=C\C(=C/CC)C(F)(F)F)NCC1C(C)CC(F)(F)CN1C(=O)C(=N)/C(=C\NC)c1ccc(OC)cc1. The molecule has 1 aliphatic rings. The smallest absolute Gasteiger partial charge is 0.417 e. The summed E-state index contributed by atoms with van der Waals surface area (Å²) in [6, 6.07) is 5.82. The summed E-state index contributed by atoms with van der Waals surface area (Å²) in [5.74, 6) is -4.10. The van der Waals surface area contributed by atoms with Crippen molar-refractivity contribution in [2.24, 2.45) is 10.9 Å². The van der Waals surface area contributed by atoms with Crippen LogP contribution < -0.4 is 15.4 Å². The summed E-state index contributed by atoms with van der Waals surface area (Å²) in [7, 11) is 3.09. The van der Waals surface area contributed by atoms with Gasteiger partial charge in [0, 0.05) is 38.0 Å². The Morgan fingerprint density at radius 1 is 1.27 bits per heavy atom. The van der Waals surface area contributed by atoms with E-state index in [0.29, 0.717) is 17.5 Å². The second kappa shape index (κ2) is 14.1. The van der Waals surface area contributed by atoms with Crippen LogP contribution in [0.15, 0.2) is 59.0 Å². The third kappa shape index (κ3) is 8.65. The largest absolute Gasteiger partial charge is 0.497 e. The summed E-state index contributed by atoms with van der Waals surface area (Å²) in [6.45, 7) is 3.76. The highest BCUT2D eigenvalue weighted by atomic mass is 19.4. The van der Waals surface area contributed by atoms with Crippen molar-refractivity contribution in [1.82, 2.24) is 15.5 Å². The van der Waals surface area contributed by atoms with Crippen molar-refractivity contribution in [2.45, 2.75) is 51.8 Å². The summed E-state index contributed by atoms with van der Waals surface area (Å²) >= 11 is 0. The molecule has 1 saturated heterocycles. The minimum absolute atomic E-state index is 0.0558. The standard InChI is InChI=1S/C28H36F5N5O2/c1-6-8-20(28(31,32)33)14-36-24(7-2)37-16-23-18(3)13-27(29,30)17-38(23)26(39)25(34)22(15-35-4)19-9-11-21(40-5)12-10-19/h7-12,14-15,18,23,34-35,37H,6,13,16-17H2,1-5H3/b20-8+,22-15-,24-7+,34-25?,36-14-. The summed E-state index contributed by atoms with van der Waals surface area (Å²) in [6.07, 6.45) is -0.301. The number of halogens is 5. The van der Waals surface area contributed by atoms with Crippen LogP contribution >= 0.6 is 0 Å². The molecule has 0 aliphatic carbocycles. The Kier molecular flexibility index (Phi) is 11.4. The molecule has 220 valence electrons. The summed E-state index contributed by atoms with van der Waals surface area (Å²) in [4.78, 5) is 18.4. The average Bonchev–Trinajstić information content (AvgIpc) is 2.90. The number of hydrogen-bond acceptors (Lipinski definition) is 6. The lowest BCUT2D eigenvalue weighted by Crippen LogP contribution is -2.59. The number of benzene rings is 1. The number of nitrogens with zero attached hydrogens (tertiary/aromatic N) is 2. The molecule has 40 heavy (non-hydrogen) atoms. The van der Waals surface area contributed by atoms with E-state index in [9.17, 15) is 26.7 Å². The van der Waals surface area contributed by atoms with E-state index in [2.05, 4.69) is 15.6 Å². The van der Waals surface area contributed by atoms with Crippen LogP contribution in [0.25, 0.3) is 5.57 Å². The Morgan fingerprint density at radius 3 is 2.45 bits per heavy atom. The average molecular weight is 570 g/mol. The van der Waals surface area contributed by atoms with Gasteiger partial charge in [-0.15, -0.1) is 0 Å². The number of amides is 1. The highest BCUT2D eigenvalue weighted by Crippen LogP contribution is 2.35. The molecule has 2 atom stereocenters. The maximum atomic E-state index is 14.6. The zero-order valence-electron chi connectivity index (χ0n) is 23.2. The number of carbonyl (C=O) groups excluding carboxylic acids is 1. The van der Waals surface area contributed by atoms with E-state index in [0.717, 1.165) is 11.0 Å². The molecule has 0 aromatic heterocycles. The molecule has 12 heteroatoms. The summed E-state index contributed by atoms with van der Waals surface area (Å²) in [5.41, 5.74) is -0.691. The Bertz CT molecular complexity index is 1160. The molecule has 1 heterocycles. The molecular weight excluding hydrogens is 533 g/mol. The molecule has 0 radical (unpaired) electrons. The van der Waals surface area contributed by atoms with E-state index in [4.69, 9.17) is 10.1 Å². The van der Waals surface area contributed by atoms with Gasteiger partial charge in [0.15, 0.2) is 0 Å². The van der Waals surface area contributed by atoms with Crippen LogP contribution in [-0.2, 0) is 4.79 Å². The van der Waals surface area contributed by atoms with Crippen LogP contribution in [0.4, 0.5) is 22.0 Å². The van der Waals surface area contributed by atoms with Gasteiger partial charge in [-0.3, -0.25) is 10.2 Å². The van der Waals surface area contributed by atoms with Crippen molar-refractivity contribution in [3.63, 3.8) is 0 Å². The molecule has 2 unspecified atom stereocenters. The summed E-state index contributed by atoms with van der Waals surface area (Å²) < 4.78 is 74.1. The predicted molar refractivity (Wildman–Crippen MR) is 147 cm³/mol. The maximum absolute atomic E-state index is 14.6. The zero-order valence-corrected chi connectivity index (χ0v) is 23.2. The van der Waals surface area contributed by atoms with Crippen LogP contribution in [0, 0.1) is 11.3 Å². The monoisotopic (exact) mass is 569 g/mol. The van der Waals surface area contributed by atoms with E-state index in [1.165, 1.54) is 19.4 Å². The predicted octanol–water partition coefficient (Wildman–Crippen LogP) is 5.57. The molecule has 7 nitrogen and oxygen atoms in total. The Morgan fingerprint density at radius 2 is 1.93 bits per heavy atom.